The predicted octanol–water partition coefficient (Wildman–Crippen LogP) is 1.52. The van der Waals surface area contributed by atoms with Crippen LogP contribution in [0.4, 0.5) is 0 Å². The molecule has 0 spiro atoms. The lowest BCUT2D eigenvalue weighted by atomic mass is 10.0. The highest BCUT2D eigenvalue weighted by atomic mass is 32.2. The zero-order valence-corrected chi connectivity index (χ0v) is 11.6. The average Bonchev–Trinajstić information content (AvgIpc) is 2.98. The van der Waals surface area contributed by atoms with Crippen LogP contribution in [0.25, 0.3) is 0 Å². The molecular formula is C12H18N2O4S. The first-order chi connectivity index (χ1) is 8.95. The Hall–Kier alpha value is -1.34. The van der Waals surface area contributed by atoms with E-state index in [-0.39, 0.29) is 10.6 Å². The summed E-state index contributed by atoms with van der Waals surface area (Å²) in [5.74, 6) is -0.746. The van der Waals surface area contributed by atoms with Crippen molar-refractivity contribution in [3.8, 4) is 0 Å². The van der Waals surface area contributed by atoms with Crippen LogP contribution < -0.4 is 0 Å². The second-order valence-electron chi connectivity index (χ2n) is 4.86. The molecule has 1 aliphatic rings. The number of hydrogen-bond acceptors (Lipinski definition) is 3. The first kappa shape index (κ1) is 14.1. The highest BCUT2D eigenvalue weighted by Gasteiger charge is 2.32. The molecule has 2 heterocycles. The summed E-state index contributed by atoms with van der Waals surface area (Å²) in [6.07, 6.45) is 4.20. The summed E-state index contributed by atoms with van der Waals surface area (Å²) in [6.45, 7) is 3.13. The minimum absolute atomic E-state index is 0.0297. The van der Waals surface area contributed by atoms with Gasteiger partial charge in [0.05, 0.1) is 0 Å². The van der Waals surface area contributed by atoms with E-state index in [0.29, 0.717) is 19.0 Å². The fourth-order valence-corrected chi connectivity index (χ4v) is 3.98. The number of carboxylic acids is 1. The maximum Gasteiger partial charge on any atom is 0.352 e. The van der Waals surface area contributed by atoms with Gasteiger partial charge in [-0.1, -0.05) is 13.3 Å². The lowest BCUT2D eigenvalue weighted by Gasteiger charge is -2.15. The topological polar surface area (TPSA) is 90.5 Å². The lowest BCUT2D eigenvalue weighted by molar-refractivity contribution is 0.0691. The Labute approximate surface area is 112 Å². The van der Waals surface area contributed by atoms with Gasteiger partial charge in [0.15, 0.2) is 0 Å². The summed E-state index contributed by atoms with van der Waals surface area (Å²) >= 11 is 0. The maximum atomic E-state index is 12.3. The third-order valence-electron chi connectivity index (χ3n) is 3.47. The monoisotopic (exact) mass is 286 g/mol. The average molecular weight is 286 g/mol. The Kier molecular flexibility index (Phi) is 3.96. The number of H-pyrrole nitrogens is 1. The number of sulfonamides is 1. The summed E-state index contributed by atoms with van der Waals surface area (Å²) in [7, 11) is -3.56. The first-order valence-corrected chi connectivity index (χ1v) is 7.81. The Morgan fingerprint density at radius 3 is 2.89 bits per heavy atom. The molecule has 0 amide bonds. The summed E-state index contributed by atoms with van der Waals surface area (Å²) in [5.41, 5.74) is -0.108. The van der Waals surface area contributed by atoms with E-state index in [1.165, 1.54) is 16.6 Å². The molecule has 1 saturated heterocycles. The highest BCUT2D eigenvalue weighted by molar-refractivity contribution is 7.89. The predicted molar refractivity (Wildman–Crippen MR) is 69.5 cm³/mol. The van der Waals surface area contributed by atoms with Crippen molar-refractivity contribution in [3.05, 3.63) is 18.0 Å². The number of carboxylic acid groups (broad SMARTS) is 1. The molecule has 0 saturated carbocycles. The SMILES string of the molecule is CCCC1CCN(S(=O)(=O)c2c[nH]c(C(=O)O)c2)C1. The van der Waals surface area contributed by atoms with Crippen LogP contribution in [0.2, 0.25) is 0 Å². The van der Waals surface area contributed by atoms with Crippen molar-refractivity contribution in [2.24, 2.45) is 5.92 Å². The fourth-order valence-electron chi connectivity index (χ4n) is 2.46. The summed E-state index contributed by atoms with van der Waals surface area (Å²) in [6, 6.07) is 1.17. The number of aromatic carboxylic acids is 1. The van der Waals surface area contributed by atoms with Gasteiger partial charge in [0.2, 0.25) is 10.0 Å². The summed E-state index contributed by atoms with van der Waals surface area (Å²) in [5, 5.41) is 8.80. The van der Waals surface area contributed by atoms with E-state index in [1.807, 2.05) is 0 Å². The van der Waals surface area contributed by atoms with Crippen molar-refractivity contribution in [1.29, 1.82) is 0 Å². The van der Waals surface area contributed by atoms with Gasteiger partial charge in [0.25, 0.3) is 0 Å². The Balaban J connectivity index is 2.16. The number of nitrogens with one attached hydrogen (secondary N) is 1. The molecule has 106 valence electrons. The van der Waals surface area contributed by atoms with Crippen LogP contribution in [0.3, 0.4) is 0 Å². The van der Waals surface area contributed by atoms with Gasteiger partial charge in [0, 0.05) is 19.3 Å². The zero-order valence-electron chi connectivity index (χ0n) is 10.8. The van der Waals surface area contributed by atoms with Crippen molar-refractivity contribution >= 4 is 16.0 Å². The third kappa shape index (κ3) is 2.82. The summed E-state index contributed by atoms with van der Waals surface area (Å²) in [4.78, 5) is 13.3. The van der Waals surface area contributed by atoms with E-state index in [1.54, 1.807) is 0 Å². The van der Waals surface area contributed by atoms with Gasteiger partial charge in [-0.2, -0.15) is 4.31 Å². The number of hydrogen-bond donors (Lipinski definition) is 2. The van der Waals surface area contributed by atoms with E-state index in [9.17, 15) is 13.2 Å². The molecule has 1 aromatic heterocycles. The smallest absolute Gasteiger partial charge is 0.352 e. The Bertz CT molecular complexity index is 564. The van der Waals surface area contributed by atoms with E-state index in [0.717, 1.165) is 19.3 Å². The molecule has 19 heavy (non-hydrogen) atoms. The molecule has 1 aliphatic heterocycles. The van der Waals surface area contributed by atoms with Gasteiger partial charge in [0.1, 0.15) is 10.6 Å². The number of aromatic amines is 1. The highest BCUT2D eigenvalue weighted by Crippen LogP contribution is 2.27. The van der Waals surface area contributed by atoms with E-state index < -0.39 is 16.0 Å². The van der Waals surface area contributed by atoms with Gasteiger partial charge in [-0.25, -0.2) is 13.2 Å². The van der Waals surface area contributed by atoms with E-state index >= 15 is 0 Å². The van der Waals surface area contributed by atoms with Gasteiger partial charge >= 0.3 is 5.97 Å². The van der Waals surface area contributed by atoms with Crippen molar-refractivity contribution in [2.75, 3.05) is 13.1 Å². The van der Waals surface area contributed by atoms with Crippen molar-refractivity contribution in [3.63, 3.8) is 0 Å². The molecular weight excluding hydrogens is 268 g/mol. The van der Waals surface area contributed by atoms with Crippen molar-refractivity contribution in [1.82, 2.24) is 9.29 Å². The molecule has 1 unspecified atom stereocenters. The van der Waals surface area contributed by atoms with Crippen molar-refractivity contribution < 1.29 is 18.3 Å². The normalized spacial score (nSPS) is 20.8. The van der Waals surface area contributed by atoms with Crippen LogP contribution in [0.5, 0.6) is 0 Å². The van der Waals surface area contributed by atoms with Gasteiger partial charge in [-0.05, 0) is 24.8 Å². The van der Waals surface area contributed by atoms with E-state index in [4.69, 9.17) is 5.11 Å². The van der Waals surface area contributed by atoms with Crippen LogP contribution in [0, 0.1) is 5.92 Å². The largest absolute Gasteiger partial charge is 0.477 e. The maximum absolute atomic E-state index is 12.3. The Morgan fingerprint density at radius 2 is 2.32 bits per heavy atom. The van der Waals surface area contributed by atoms with Gasteiger partial charge in [-0.3, -0.25) is 0 Å². The van der Waals surface area contributed by atoms with E-state index in [2.05, 4.69) is 11.9 Å². The minimum Gasteiger partial charge on any atom is -0.477 e. The molecule has 1 atom stereocenters. The Morgan fingerprint density at radius 1 is 1.58 bits per heavy atom. The third-order valence-corrected chi connectivity index (χ3v) is 5.31. The molecule has 0 aromatic carbocycles. The molecule has 0 aliphatic carbocycles. The van der Waals surface area contributed by atoms with Crippen LogP contribution in [-0.2, 0) is 10.0 Å². The van der Waals surface area contributed by atoms with Gasteiger partial charge in [-0.15, -0.1) is 0 Å². The second kappa shape index (κ2) is 5.34. The second-order valence-corrected chi connectivity index (χ2v) is 6.80. The number of aromatic nitrogens is 1. The minimum atomic E-state index is -3.56. The number of nitrogens with zero attached hydrogens (tertiary/aromatic N) is 1. The van der Waals surface area contributed by atoms with Gasteiger partial charge < -0.3 is 10.1 Å². The summed E-state index contributed by atoms with van der Waals surface area (Å²) < 4.78 is 26.1. The van der Waals surface area contributed by atoms with Crippen LogP contribution in [0.15, 0.2) is 17.2 Å². The zero-order chi connectivity index (χ0) is 14.0. The lowest BCUT2D eigenvalue weighted by Crippen LogP contribution is -2.28. The van der Waals surface area contributed by atoms with Crippen LogP contribution in [0.1, 0.15) is 36.7 Å². The fraction of sp³-hybridized carbons (Fsp3) is 0.583. The number of carbonyl (C=O) groups is 1. The quantitative estimate of drug-likeness (QED) is 0.858. The molecule has 1 fully saturated rings. The van der Waals surface area contributed by atoms with Crippen molar-refractivity contribution in [2.45, 2.75) is 31.1 Å². The standard InChI is InChI=1S/C12H18N2O4S/c1-2-3-9-4-5-14(8-9)19(17,18)10-6-11(12(15)16)13-7-10/h6-7,9,13H,2-5,8H2,1H3,(H,15,16). The number of rotatable bonds is 5. The molecule has 7 heteroatoms. The molecule has 1 aromatic rings. The molecule has 2 rings (SSSR count). The van der Waals surface area contributed by atoms with Crippen LogP contribution in [-0.4, -0.2) is 41.9 Å². The molecule has 2 N–H and O–H groups in total. The molecule has 0 radical (unpaired) electrons. The van der Waals surface area contributed by atoms with Crippen LogP contribution >= 0.6 is 0 Å². The first-order valence-electron chi connectivity index (χ1n) is 6.37. The molecule has 6 nitrogen and oxygen atoms in total. The molecule has 0 bridgehead atoms.